The van der Waals surface area contributed by atoms with Gasteiger partial charge in [0, 0.05) is 6.04 Å². The number of benzene rings is 1. The molecule has 0 atom stereocenters. The molecule has 1 aromatic carbocycles. The molecule has 19 heavy (non-hydrogen) atoms. The Balaban J connectivity index is 2.25. The summed E-state index contributed by atoms with van der Waals surface area (Å²) in [5, 5.41) is 6.77. The third-order valence-electron chi connectivity index (χ3n) is 2.15. The van der Waals surface area contributed by atoms with E-state index in [1.165, 1.54) is 0 Å². The summed E-state index contributed by atoms with van der Waals surface area (Å²) < 4.78 is 0. The first-order valence-electron chi connectivity index (χ1n) is 5.74. The molecule has 0 fully saturated rings. The zero-order valence-electron chi connectivity index (χ0n) is 10.5. The summed E-state index contributed by atoms with van der Waals surface area (Å²) in [5.74, 6) is 0.765. The molecule has 0 unspecified atom stereocenters. The molecule has 0 saturated carbocycles. The van der Waals surface area contributed by atoms with Crippen LogP contribution in [0, 0.1) is 0 Å². The number of aromatic nitrogens is 3. The van der Waals surface area contributed by atoms with Gasteiger partial charge in [0.25, 0.3) is 0 Å². The van der Waals surface area contributed by atoms with E-state index in [-0.39, 0.29) is 11.3 Å². The molecule has 7 heteroatoms. The van der Waals surface area contributed by atoms with Gasteiger partial charge in [0.05, 0.1) is 10.7 Å². The van der Waals surface area contributed by atoms with Crippen LogP contribution in [0.1, 0.15) is 13.8 Å². The van der Waals surface area contributed by atoms with E-state index in [9.17, 15) is 0 Å². The Hall–Kier alpha value is -1.59. The molecule has 0 radical (unpaired) electrons. The lowest BCUT2D eigenvalue weighted by Gasteiger charge is -2.10. The smallest absolute Gasteiger partial charge is 0.233 e. The molecule has 0 saturated heterocycles. The predicted molar refractivity (Wildman–Crippen MR) is 78.3 cm³/mol. The minimum atomic E-state index is 0.118. The molecule has 1 aromatic heterocycles. The Labute approximate surface area is 121 Å². The first-order valence-corrected chi connectivity index (χ1v) is 6.50. The number of hydrogen-bond acceptors (Lipinski definition) is 5. The SMILES string of the molecule is CC(C)Nc1nc(Cl)nc(Nc2ccccc2Cl)n1. The fraction of sp³-hybridized carbons (Fsp3) is 0.250. The lowest BCUT2D eigenvalue weighted by atomic mass is 10.3. The van der Waals surface area contributed by atoms with Crippen LogP contribution >= 0.6 is 23.2 Å². The third-order valence-corrected chi connectivity index (χ3v) is 2.64. The second kappa shape index (κ2) is 6.04. The summed E-state index contributed by atoms with van der Waals surface area (Å²) in [6.07, 6.45) is 0. The first-order chi connectivity index (χ1) is 9.04. The van der Waals surface area contributed by atoms with Crippen molar-refractivity contribution in [2.75, 3.05) is 10.6 Å². The average molecular weight is 298 g/mol. The van der Waals surface area contributed by atoms with E-state index in [4.69, 9.17) is 23.2 Å². The first kappa shape index (κ1) is 13.8. The van der Waals surface area contributed by atoms with Crippen LogP contribution in [0.15, 0.2) is 24.3 Å². The van der Waals surface area contributed by atoms with Gasteiger partial charge in [-0.15, -0.1) is 0 Å². The van der Waals surface area contributed by atoms with Crippen LogP contribution in [-0.2, 0) is 0 Å². The molecule has 5 nitrogen and oxygen atoms in total. The van der Waals surface area contributed by atoms with Crippen LogP contribution in [0.3, 0.4) is 0 Å². The molecule has 0 aliphatic rings. The molecule has 2 N–H and O–H groups in total. The number of nitrogens with one attached hydrogen (secondary N) is 2. The molecule has 2 aromatic rings. The minimum Gasteiger partial charge on any atom is -0.352 e. The number of halogens is 2. The Morgan fingerprint density at radius 1 is 1.00 bits per heavy atom. The van der Waals surface area contributed by atoms with Crippen molar-refractivity contribution in [3.05, 3.63) is 34.6 Å². The van der Waals surface area contributed by atoms with Crippen molar-refractivity contribution in [1.29, 1.82) is 0 Å². The van der Waals surface area contributed by atoms with E-state index < -0.39 is 0 Å². The minimum absolute atomic E-state index is 0.118. The topological polar surface area (TPSA) is 62.7 Å². The Bertz CT molecular complexity index is 574. The molecule has 0 bridgehead atoms. The molecule has 0 aliphatic carbocycles. The van der Waals surface area contributed by atoms with Gasteiger partial charge >= 0.3 is 0 Å². The van der Waals surface area contributed by atoms with Crippen LogP contribution in [-0.4, -0.2) is 21.0 Å². The fourth-order valence-electron chi connectivity index (χ4n) is 1.41. The number of para-hydroxylation sites is 1. The van der Waals surface area contributed by atoms with Gasteiger partial charge in [-0.1, -0.05) is 23.7 Å². The standard InChI is InChI=1S/C12H13Cl2N5/c1-7(2)15-11-17-10(14)18-12(19-11)16-9-6-4-3-5-8(9)13/h3-7H,1-2H3,(H2,15,16,17,18,19). The molecular weight excluding hydrogens is 285 g/mol. The van der Waals surface area contributed by atoms with Crippen LogP contribution in [0.25, 0.3) is 0 Å². The lowest BCUT2D eigenvalue weighted by Crippen LogP contribution is -2.14. The second-order valence-corrected chi connectivity index (χ2v) is 4.90. The zero-order valence-corrected chi connectivity index (χ0v) is 12.0. The van der Waals surface area contributed by atoms with Crippen LogP contribution in [0.5, 0.6) is 0 Å². The molecule has 1 heterocycles. The van der Waals surface area contributed by atoms with Crippen molar-refractivity contribution in [1.82, 2.24) is 15.0 Å². The van der Waals surface area contributed by atoms with Crippen molar-refractivity contribution in [2.45, 2.75) is 19.9 Å². The summed E-state index contributed by atoms with van der Waals surface area (Å²) in [6, 6.07) is 7.52. The van der Waals surface area contributed by atoms with Crippen LogP contribution < -0.4 is 10.6 Å². The highest BCUT2D eigenvalue weighted by Gasteiger charge is 2.07. The number of hydrogen-bond donors (Lipinski definition) is 2. The summed E-state index contributed by atoms with van der Waals surface area (Å²) in [7, 11) is 0. The number of anilines is 3. The van der Waals surface area contributed by atoms with Gasteiger partial charge in [-0.25, -0.2) is 0 Å². The number of nitrogens with zero attached hydrogens (tertiary/aromatic N) is 3. The summed E-state index contributed by atoms with van der Waals surface area (Å²) in [4.78, 5) is 12.2. The molecule has 0 aliphatic heterocycles. The van der Waals surface area contributed by atoms with Crippen LogP contribution in [0.2, 0.25) is 10.3 Å². The highest BCUT2D eigenvalue weighted by Crippen LogP contribution is 2.23. The van der Waals surface area contributed by atoms with Crippen LogP contribution in [0.4, 0.5) is 17.6 Å². The monoisotopic (exact) mass is 297 g/mol. The summed E-state index contributed by atoms with van der Waals surface area (Å²) in [6.45, 7) is 3.97. The molecule has 2 rings (SSSR count). The van der Waals surface area contributed by atoms with Gasteiger partial charge in [0.1, 0.15) is 0 Å². The van der Waals surface area contributed by atoms with Crippen molar-refractivity contribution < 1.29 is 0 Å². The van der Waals surface area contributed by atoms with Gasteiger partial charge in [0.15, 0.2) is 0 Å². The Kier molecular flexibility index (Phi) is 4.39. The fourth-order valence-corrected chi connectivity index (χ4v) is 1.75. The largest absolute Gasteiger partial charge is 0.352 e. The maximum absolute atomic E-state index is 6.06. The van der Waals surface area contributed by atoms with Crippen molar-refractivity contribution in [2.24, 2.45) is 0 Å². The highest BCUT2D eigenvalue weighted by molar-refractivity contribution is 6.33. The lowest BCUT2D eigenvalue weighted by molar-refractivity contribution is 0.868. The Morgan fingerprint density at radius 2 is 1.68 bits per heavy atom. The van der Waals surface area contributed by atoms with Crippen molar-refractivity contribution in [3.63, 3.8) is 0 Å². The molecule has 100 valence electrons. The molecule has 0 amide bonds. The maximum atomic E-state index is 6.06. The normalized spacial score (nSPS) is 10.6. The predicted octanol–water partition coefficient (Wildman–Crippen LogP) is 3.74. The van der Waals surface area contributed by atoms with Gasteiger partial charge in [-0.05, 0) is 37.6 Å². The van der Waals surface area contributed by atoms with Gasteiger partial charge in [-0.2, -0.15) is 15.0 Å². The van der Waals surface area contributed by atoms with Gasteiger partial charge in [-0.3, -0.25) is 0 Å². The average Bonchev–Trinajstić information content (AvgIpc) is 2.30. The molecule has 0 spiro atoms. The van der Waals surface area contributed by atoms with E-state index in [2.05, 4.69) is 25.6 Å². The van der Waals surface area contributed by atoms with E-state index >= 15 is 0 Å². The van der Waals surface area contributed by atoms with E-state index in [0.29, 0.717) is 22.6 Å². The van der Waals surface area contributed by atoms with E-state index in [1.807, 2.05) is 32.0 Å². The Morgan fingerprint density at radius 3 is 2.37 bits per heavy atom. The van der Waals surface area contributed by atoms with Crippen molar-refractivity contribution in [3.8, 4) is 0 Å². The number of rotatable bonds is 4. The summed E-state index contributed by atoms with van der Waals surface area (Å²) in [5.41, 5.74) is 0.710. The highest BCUT2D eigenvalue weighted by atomic mass is 35.5. The quantitative estimate of drug-likeness (QED) is 0.900. The third kappa shape index (κ3) is 3.94. The molecular formula is C12H13Cl2N5. The van der Waals surface area contributed by atoms with Crippen molar-refractivity contribution >= 4 is 40.8 Å². The van der Waals surface area contributed by atoms with E-state index in [1.54, 1.807) is 6.07 Å². The zero-order chi connectivity index (χ0) is 13.8. The van der Waals surface area contributed by atoms with Gasteiger partial charge < -0.3 is 10.6 Å². The second-order valence-electron chi connectivity index (χ2n) is 4.16. The maximum Gasteiger partial charge on any atom is 0.233 e. The summed E-state index contributed by atoms with van der Waals surface area (Å²) >= 11 is 11.9. The van der Waals surface area contributed by atoms with E-state index in [0.717, 1.165) is 0 Å². The van der Waals surface area contributed by atoms with Gasteiger partial charge in [0.2, 0.25) is 17.2 Å².